The Labute approximate surface area is 165 Å². The molecule has 0 spiro atoms. The average Bonchev–Trinajstić information content (AvgIpc) is 2.74. The predicted molar refractivity (Wildman–Crippen MR) is 108 cm³/mol. The monoisotopic (exact) mass is 383 g/mol. The highest BCUT2D eigenvalue weighted by atomic mass is 19.1. The molecule has 1 saturated heterocycles. The second-order valence-electron chi connectivity index (χ2n) is 7.08. The van der Waals surface area contributed by atoms with Crippen LogP contribution in [-0.4, -0.2) is 36.7 Å². The van der Waals surface area contributed by atoms with E-state index in [1.807, 2.05) is 43.3 Å². The number of benzene rings is 2. The van der Waals surface area contributed by atoms with Crippen LogP contribution in [0.2, 0.25) is 0 Å². The lowest BCUT2D eigenvalue weighted by Crippen LogP contribution is -2.39. The molecule has 1 N–H and O–H groups in total. The minimum atomic E-state index is -0.218. The number of nitrogens with one attached hydrogen (secondary N) is 1. The summed E-state index contributed by atoms with van der Waals surface area (Å²) in [5.41, 5.74) is 5.49. The van der Waals surface area contributed by atoms with Gasteiger partial charge in [-0.15, -0.1) is 0 Å². The number of carbonyl (C=O) groups is 1. The van der Waals surface area contributed by atoms with Crippen LogP contribution < -0.4 is 10.2 Å². The van der Waals surface area contributed by atoms with Crippen molar-refractivity contribution in [2.75, 3.05) is 20.2 Å². The first-order valence-electron chi connectivity index (χ1n) is 9.50. The Morgan fingerprint density at radius 3 is 2.39 bits per heavy atom. The summed E-state index contributed by atoms with van der Waals surface area (Å²) in [5.74, 6) is 0.503. The highest BCUT2D eigenvalue weighted by molar-refractivity contribution is 5.99. The molecule has 28 heavy (non-hydrogen) atoms. The van der Waals surface area contributed by atoms with Crippen LogP contribution in [0.15, 0.2) is 53.6 Å². The fourth-order valence-corrected chi connectivity index (χ4v) is 3.33. The van der Waals surface area contributed by atoms with E-state index >= 15 is 0 Å². The molecule has 0 aromatic heterocycles. The Morgan fingerprint density at radius 2 is 1.79 bits per heavy atom. The number of methoxy groups -OCH3 is 1. The van der Waals surface area contributed by atoms with Crippen molar-refractivity contribution in [3.8, 4) is 5.75 Å². The van der Waals surface area contributed by atoms with Gasteiger partial charge in [-0.2, -0.15) is 5.10 Å². The minimum absolute atomic E-state index is 0.0307. The maximum atomic E-state index is 13.0. The number of hydrogen-bond acceptors (Lipinski definition) is 4. The Morgan fingerprint density at radius 1 is 1.14 bits per heavy atom. The molecule has 0 bridgehead atoms. The average molecular weight is 383 g/mol. The van der Waals surface area contributed by atoms with E-state index in [0.717, 1.165) is 55.1 Å². The first-order valence-corrected chi connectivity index (χ1v) is 9.50. The molecular formula is C22H26FN3O2. The van der Waals surface area contributed by atoms with Gasteiger partial charge in [0.1, 0.15) is 11.6 Å². The number of piperidine rings is 1. The lowest BCUT2D eigenvalue weighted by Gasteiger charge is -2.30. The molecule has 0 unspecified atom stereocenters. The molecule has 2 aromatic rings. The number of ether oxygens (including phenoxy) is 1. The molecular weight excluding hydrogens is 357 g/mol. The van der Waals surface area contributed by atoms with Crippen molar-refractivity contribution in [3.63, 3.8) is 0 Å². The molecule has 6 heteroatoms. The van der Waals surface area contributed by atoms with Gasteiger partial charge in [0.25, 0.3) is 0 Å². The summed E-state index contributed by atoms with van der Waals surface area (Å²) in [6.45, 7) is 4.34. The van der Waals surface area contributed by atoms with E-state index < -0.39 is 0 Å². The molecule has 1 fully saturated rings. The van der Waals surface area contributed by atoms with Crippen LogP contribution in [0.3, 0.4) is 0 Å². The van der Waals surface area contributed by atoms with Crippen molar-refractivity contribution in [1.82, 2.24) is 10.3 Å². The fourth-order valence-electron chi connectivity index (χ4n) is 3.33. The van der Waals surface area contributed by atoms with Crippen LogP contribution in [0.1, 0.15) is 30.9 Å². The summed E-state index contributed by atoms with van der Waals surface area (Å²) < 4.78 is 18.2. The van der Waals surface area contributed by atoms with Gasteiger partial charge in [-0.3, -0.25) is 9.69 Å². The van der Waals surface area contributed by atoms with Gasteiger partial charge in [-0.1, -0.05) is 12.1 Å². The Hall–Kier alpha value is -2.73. The highest BCUT2D eigenvalue weighted by Gasteiger charge is 2.24. The van der Waals surface area contributed by atoms with E-state index in [-0.39, 0.29) is 17.6 Å². The summed E-state index contributed by atoms with van der Waals surface area (Å²) in [6.07, 6.45) is 1.59. The van der Waals surface area contributed by atoms with Crippen LogP contribution in [0, 0.1) is 11.7 Å². The van der Waals surface area contributed by atoms with Crippen molar-refractivity contribution in [3.05, 3.63) is 65.5 Å². The molecule has 2 aromatic carbocycles. The second-order valence-corrected chi connectivity index (χ2v) is 7.08. The van der Waals surface area contributed by atoms with Gasteiger partial charge in [-0.05, 0) is 80.4 Å². The SMILES string of the molecule is COc1ccc(/C(C)=N/NC(=O)C2CCN(Cc3ccc(F)cc3)CC2)cc1. The molecule has 0 saturated carbocycles. The summed E-state index contributed by atoms with van der Waals surface area (Å²) in [4.78, 5) is 14.7. The lowest BCUT2D eigenvalue weighted by atomic mass is 9.96. The van der Waals surface area contributed by atoms with E-state index in [4.69, 9.17) is 4.74 Å². The van der Waals surface area contributed by atoms with E-state index in [1.165, 1.54) is 12.1 Å². The van der Waals surface area contributed by atoms with Gasteiger partial charge >= 0.3 is 0 Å². The van der Waals surface area contributed by atoms with Crippen LogP contribution in [0.25, 0.3) is 0 Å². The maximum absolute atomic E-state index is 13.0. The van der Waals surface area contributed by atoms with Gasteiger partial charge in [0, 0.05) is 12.5 Å². The molecule has 0 radical (unpaired) electrons. The highest BCUT2D eigenvalue weighted by Crippen LogP contribution is 2.19. The Balaban J connectivity index is 1.47. The van der Waals surface area contributed by atoms with Crippen LogP contribution >= 0.6 is 0 Å². The Bertz CT molecular complexity index is 811. The van der Waals surface area contributed by atoms with E-state index in [1.54, 1.807) is 7.11 Å². The maximum Gasteiger partial charge on any atom is 0.243 e. The van der Waals surface area contributed by atoms with Crippen molar-refractivity contribution >= 4 is 11.6 Å². The molecule has 1 aliphatic heterocycles. The quantitative estimate of drug-likeness (QED) is 0.613. The third-order valence-corrected chi connectivity index (χ3v) is 5.12. The number of hydrogen-bond donors (Lipinski definition) is 1. The van der Waals surface area contributed by atoms with Gasteiger partial charge in [0.2, 0.25) is 5.91 Å². The van der Waals surface area contributed by atoms with Gasteiger partial charge in [-0.25, -0.2) is 9.82 Å². The normalized spacial score (nSPS) is 16.0. The number of amides is 1. The van der Waals surface area contributed by atoms with Crippen molar-refractivity contribution < 1.29 is 13.9 Å². The topological polar surface area (TPSA) is 53.9 Å². The zero-order valence-electron chi connectivity index (χ0n) is 16.3. The third-order valence-electron chi connectivity index (χ3n) is 5.12. The predicted octanol–water partition coefficient (Wildman–Crippen LogP) is 3.59. The smallest absolute Gasteiger partial charge is 0.243 e. The Kier molecular flexibility index (Phi) is 6.76. The zero-order valence-corrected chi connectivity index (χ0v) is 16.3. The largest absolute Gasteiger partial charge is 0.497 e. The standard InChI is InChI=1S/C22H26FN3O2/c1-16(18-5-9-21(28-2)10-6-18)24-25-22(27)19-11-13-26(14-12-19)15-17-3-7-20(23)8-4-17/h3-10,19H,11-15H2,1-2H3,(H,25,27)/b24-16+. The number of halogens is 1. The van der Waals surface area contributed by atoms with Crippen LogP contribution in [0.4, 0.5) is 4.39 Å². The first-order chi connectivity index (χ1) is 13.5. The van der Waals surface area contributed by atoms with Gasteiger partial charge < -0.3 is 4.74 Å². The molecule has 0 aliphatic carbocycles. The van der Waals surface area contributed by atoms with E-state index in [0.29, 0.717) is 0 Å². The fraction of sp³-hybridized carbons (Fsp3) is 0.364. The van der Waals surface area contributed by atoms with Crippen molar-refractivity contribution in [2.24, 2.45) is 11.0 Å². The summed E-state index contributed by atoms with van der Waals surface area (Å²) in [7, 11) is 1.63. The molecule has 148 valence electrons. The van der Waals surface area contributed by atoms with Gasteiger partial charge in [0.05, 0.1) is 12.8 Å². The summed E-state index contributed by atoms with van der Waals surface area (Å²) >= 11 is 0. The van der Waals surface area contributed by atoms with Crippen molar-refractivity contribution in [2.45, 2.75) is 26.3 Å². The van der Waals surface area contributed by atoms with Gasteiger partial charge in [0.15, 0.2) is 0 Å². The van der Waals surface area contributed by atoms with E-state index in [2.05, 4.69) is 15.4 Å². The number of carbonyl (C=O) groups excluding carboxylic acids is 1. The molecule has 1 heterocycles. The number of hydrazone groups is 1. The first kappa shape index (κ1) is 20.0. The molecule has 1 amide bonds. The number of nitrogens with zero attached hydrogens (tertiary/aromatic N) is 2. The molecule has 3 rings (SSSR count). The second kappa shape index (κ2) is 9.46. The molecule has 5 nitrogen and oxygen atoms in total. The minimum Gasteiger partial charge on any atom is -0.497 e. The number of rotatable bonds is 6. The lowest BCUT2D eigenvalue weighted by molar-refractivity contribution is -0.126. The van der Waals surface area contributed by atoms with E-state index in [9.17, 15) is 9.18 Å². The zero-order chi connectivity index (χ0) is 19.9. The summed E-state index contributed by atoms with van der Waals surface area (Å²) in [5, 5.41) is 4.25. The van der Waals surface area contributed by atoms with Crippen molar-refractivity contribution in [1.29, 1.82) is 0 Å². The molecule has 1 aliphatic rings. The molecule has 0 atom stereocenters. The third kappa shape index (κ3) is 5.39. The van der Waals surface area contributed by atoms with Crippen LogP contribution in [-0.2, 0) is 11.3 Å². The number of likely N-dealkylation sites (tertiary alicyclic amines) is 1. The van der Waals surface area contributed by atoms with Crippen LogP contribution in [0.5, 0.6) is 5.75 Å². The summed E-state index contributed by atoms with van der Waals surface area (Å²) in [6, 6.07) is 14.2.